The van der Waals surface area contributed by atoms with Crippen molar-refractivity contribution in [3.05, 3.63) is 17.5 Å². The van der Waals surface area contributed by atoms with Gasteiger partial charge in [-0.25, -0.2) is 4.79 Å². The van der Waals surface area contributed by atoms with E-state index >= 15 is 0 Å². The van der Waals surface area contributed by atoms with Gasteiger partial charge in [0, 0.05) is 37.9 Å². The first kappa shape index (κ1) is 15.4. The van der Waals surface area contributed by atoms with Crippen LogP contribution in [0.15, 0.2) is 6.20 Å². The number of urea groups is 1. The number of aromatic nitrogens is 2. The zero-order chi connectivity index (χ0) is 15.7. The summed E-state index contributed by atoms with van der Waals surface area (Å²) in [5, 5.41) is 7.55. The maximum Gasteiger partial charge on any atom is 0.317 e. The quantitative estimate of drug-likeness (QED) is 0.933. The number of amides is 2. The van der Waals surface area contributed by atoms with Crippen LogP contribution in [0, 0.1) is 11.8 Å². The van der Waals surface area contributed by atoms with Crippen molar-refractivity contribution in [2.75, 3.05) is 6.54 Å². The third kappa shape index (κ3) is 2.85. The minimum Gasteiger partial charge on any atom is -0.334 e. The first-order chi connectivity index (χ1) is 10.6. The number of nitrogens with zero attached hydrogens (tertiary/aromatic N) is 3. The Labute approximate surface area is 133 Å². The van der Waals surface area contributed by atoms with Gasteiger partial charge in [0.15, 0.2) is 0 Å². The molecule has 1 aromatic rings. The molecule has 2 heterocycles. The van der Waals surface area contributed by atoms with Crippen LogP contribution in [-0.2, 0) is 20.0 Å². The Morgan fingerprint density at radius 3 is 2.95 bits per heavy atom. The first-order valence-corrected chi connectivity index (χ1v) is 8.66. The second-order valence-corrected chi connectivity index (χ2v) is 6.93. The number of carbonyl (C=O) groups is 1. The van der Waals surface area contributed by atoms with Crippen LogP contribution in [0.25, 0.3) is 0 Å². The van der Waals surface area contributed by atoms with Gasteiger partial charge in [-0.1, -0.05) is 26.7 Å². The van der Waals surface area contributed by atoms with E-state index in [1.807, 2.05) is 17.9 Å². The lowest BCUT2D eigenvalue weighted by Gasteiger charge is -2.32. The van der Waals surface area contributed by atoms with Crippen molar-refractivity contribution >= 4 is 6.03 Å². The third-order valence-corrected chi connectivity index (χ3v) is 5.42. The first-order valence-electron chi connectivity index (χ1n) is 8.66. The number of rotatable bonds is 3. The number of aryl methyl sites for hydroxylation is 2. The van der Waals surface area contributed by atoms with Crippen LogP contribution in [0.3, 0.4) is 0 Å². The second kappa shape index (κ2) is 6.31. The lowest BCUT2D eigenvalue weighted by molar-refractivity contribution is 0.168. The van der Waals surface area contributed by atoms with E-state index < -0.39 is 0 Å². The minimum absolute atomic E-state index is 0.104. The third-order valence-electron chi connectivity index (χ3n) is 5.42. The molecule has 22 heavy (non-hydrogen) atoms. The summed E-state index contributed by atoms with van der Waals surface area (Å²) in [7, 11) is 1.93. The molecule has 1 saturated carbocycles. The van der Waals surface area contributed by atoms with Crippen molar-refractivity contribution in [2.24, 2.45) is 18.9 Å². The van der Waals surface area contributed by atoms with E-state index in [0.29, 0.717) is 24.4 Å². The highest BCUT2D eigenvalue weighted by Crippen LogP contribution is 2.39. The van der Waals surface area contributed by atoms with Crippen molar-refractivity contribution in [1.29, 1.82) is 0 Å². The van der Waals surface area contributed by atoms with Gasteiger partial charge in [0.25, 0.3) is 0 Å². The molecular weight excluding hydrogens is 276 g/mol. The molecule has 0 aromatic carbocycles. The maximum atomic E-state index is 12.6. The van der Waals surface area contributed by atoms with Crippen molar-refractivity contribution in [2.45, 2.75) is 58.5 Å². The van der Waals surface area contributed by atoms with Gasteiger partial charge in [0.05, 0.1) is 5.69 Å². The van der Waals surface area contributed by atoms with Crippen molar-refractivity contribution in [3.63, 3.8) is 0 Å². The molecule has 2 fully saturated rings. The smallest absolute Gasteiger partial charge is 0.317 e. The standard InChI is InChI=1S/C17H28N4O/c1-4-15-13(11-20(3)19-15)9-18-17(22)21-10-12(2)14-7-5-6-8-16(14)21/h11-12,14,16H,4-10H2,1-3H3,(H,18,22)/t12-,14-,16-/m0/s1. The summed E-state index contributed by atoms with van der Waals surface area (Å²) >= 11 is 0. The Bertz CT molecular complexity index is 539. The molecule has 0 unspecified atom stereocenters. The zero-order valence-corrected chi connectivity index (χ0v) is 14.0. The van der Waals surface area contributed by atoms with Crippen LogP contribution in [0.4, 0.5) is 4.79 Å². The monoisotopic (exact) mass is 304 g/mol. The van der Waals surface area contributed by atoms with Crippen molar-refractivity contribution < 1.29 is 4.79 Å². The fourth-order valence-corrected chi connectivity index (χ4v) is 4.31. The fraction of sp³-hybridized carbons (Fsp3) is 0.765. The normalized spacial score (nSPS) is 27.8. The number of carbonyl (C=O) groups excluding carboxylic acids is 1. The SMILES string of the molecule is CCc1nn(C)cc1CNC(=O)N1C[C@H](C)[C@@H]2CCCC[C@@H]21. The summed E-state index contributed by atoms with van der Waals surface area (Å²) in [5.74, 6) is 1.35. The topological polar surface area (TPSA) is 50.2 Å². The number of hydrogen-bond acceptors (Lipinski definition) is 2. The van der Waals surface area contributed by atoms with Gasteiger partial charge in [-0.05, 0) is 31.1 Å². The molecule has 1 aliphatic heterocycles. The number of hydrogen-bond donors (Lipinski definition) is 1. The van der Waals surface area contributed by atoms with Crippen LogP contribution >= 0.6 is 0 Å². The largest absolute Gasteiger partial charge is 0.334 e. The number of fused-ring (bicyclic) bond motifs is 1. The molecule has 0 bridgehead atoms. The van der Waals surface area contributed by atoms with Gasteiger partial charge < -0.3 is 10.2 Å². The number of nitrogens with one attached hydrogen (secondary N) is 1. The van der Waals surface area contributed by atoms with Gasteiger partial charge in [-0.2, -0.15) is 5.10 Å². The van der Waals surface area contributed by atoms with E-state index in [1.165, 1.54) is 25.7 Å². The average molecular weight is 304 g/mol. The van der Waals surface area contributed by atoms with Crippen LogP contribution in [0.2, 0.25) is 0 Å². The molecular formula is C17H28N4O. The Balaban J connectivity index is 1.62. The van der Waals surface area contributed by atoms with Crippen molar-refractivity contribution in [1.82, 2.24) is 20.0 Å². The van der Waals surface area contributed by atoms with E-state index in [9.17, 15) is 4.79 Å². The van der Waals surface area contributed by atoms with E-state index in [-0.39, 0.29) is 6.03 Å². The summed E-state index contributed by atoms with van der Waals surface area (Å²) in [5.41, 5.74) is 2.21. The molecule has 1 N–H and O–H groups in total. The van der Waals surface area contributed by atoms with Crippen LogP contribution in [-0.4, -0.2) is 33.3 Å². The molecule has 2 aliphatic rings. The Hall–Kier alpha value is -1.52. The molecule has 122 valence electrons. The Morgan fingerprint density at radius 1 is 1.41 bits per heavy atom. The van der Waals surface area contributed by atoms with E-state index in [1.54, 1.807) is 0 Å². The molecule has 3 rings (SSSR count). The van der Waals surface area contributed by atoms with E-state index in [4.69, 9.17) is 0 Å². The maximum absolute atomic E-state index is 12.6. The molecule has 1 saturated heterocycles. The average Bonchev–Trinajstić information content (AvgIpc) is 3.05. The van der Waals surface area contributed by atoms with E-state index in [2.05, 4.69) is 29.2 Å². The fourth-order valence-electron chi connectivity index (χ4n) is 4.31. The summed E-state index contributed by atoms with van der Waals surface area (Å²) < 4.78 is 1.83. The number of likely N-dealkylation sites (tertiary alicyclic amines) is 1. The van der Waals surface area contributed by atoms with Gasteiger partial charge in [-0.3, -0.25) is 4.68 Å². The van der Waals surface area contributed by atoms with Gasteiger partial charge in [-0.15, -0.1) is 0 Å². The molecule has 2 amide bonds. The summed E-state index contributed by atoms with van der Waals surface area (Å²) in [4.78, 5) is 14.7. The molecule has 1 aliphatic carbocycles. The summed E-state index contributed by atoms with van der Waals surface area (Å²) in [6.45, 7) is 5.89. The van der Waals surface area contributed by atoms with Crippen LogP contribution < -0.4 is 5.32 Å². The highest BCUT2D eigenvalue weighted by molar-refractivity contribution is 5.75. The molecule has 1 aromatic heterocycles. The summed E-state index contributed by atoms with van der Waals surface area (Å²) in [6.07, 6.45) is 7.97. The van der Waals surface area contributed by atoms with Gasteiger partial charge >= 0.3 is 6.03 Å². The zero-order valence-electron chi connectivity index (χ0n) is 14.0. The Morgan fingerprint density at radius 2 is 2.18 bits per heavy atom. The van der Waals surface area contributed by atoms with Crippen LogP contribution in [0.1, 0.15) is 50.8 Å². The van der Waals surface area contributed by atoms with E-state index in [0.717, 1.165) is 24.2 Å². The lowest BCUT2D eigenvalue weighted by atomic mass is 9.80. The lowest BCUT2D eigenvalue weighted by Crippen LogP contribution is -2.44. The van der Waals surface area contributed by atoms with Gasteiger partial charge in [0.1, 0.15) is 0 Å². The van der Waals surface area contributed by atoms with Crippen molar-refractivity contribution in [3.8, 4) is 0 Å². The second-order valence-electron chi connectivity index (χ2n) is 6.93. The predicted octanol–water partition coefficient (Wildman–Crippen LogP) is 2.70. The van der Waals surface area contributed by atoms with Gasteiger partial charge in [0.2, 0.25) is 0 Å². The summed E-state index contributed by atoms with van der Waals surface area (Å²) in [6, 6.07) is 0.565. The highest BCUT2D eigenvalue weighted by atomic mass is 16.2. The highest BCUT2D eigenvalue weighted by Gasteiger charge is 2.42. The minimum atomic E-state index is 0.104. The molecule has 0 radical (unpaired) electrons. The molecule has 5 nitrogen and oxygen atoms in total. The molecule has 3 atom stereocenters. The molecule has 0 spiro atoms. The predicted molar refractivity (Wildman–Crippen MR) is 86.4 cm³/mol. The van der Waals surface area contributed by atoms with Crippen LogP contribution in [0.5, 0.6) is 0 Å². The molecule has 5 heteroatoms. The Kier molecular flexibility index (Phi) is 4.41.